The zero-order valence-electron chi connectivity index (χ0n) is 12.1. The van der Waals surface area contributed by atoms with Crippen molar-refractivity contribution in [2.45, 2.75) is 19.1 Å². The Morgan fingerprint density at radius 3 is 2.65 bits per heavy atom. The number of amides is 1. The summed E-state index contributed by atoms with van der Waals surface area (Å²) in [6.07, 6.45) is 1.84. The first-order valence-corrected chi connectivity index (χ1v) is 7.22. The van der Waals surface area contributed by atoms with Crippen molar-refractivity contribution in [1.82, 2.24) is 10.3 Å². The number of carboxylic acid groups (broad SMARTS) is 1. The number of hydrogen-bond acceptors (Lipinski definition) is 4. The number of halogens is 1. The number of ether oxygens (including phenoxy) is 1. The van der Waals surface area contributed by atoms with Gasteiger partial charge in [0.2, 0.25) is 0 Å². The lowest BCUT2D eigenvalue weighted by atomic mass is 10.1. The molecule has 2 N–H and O–H groups in total. The Hall–Kier alpha value is -2.60. The summed E-state index contributed by atoms with van der Waals surface area (Å²) in [4.78, 5) is 26.8. The molecule has 0 aliphatic heterocycles. The normalized spacial score (nSPS) is 11.5. The maximum absolute atomic E-state index is 11.9. The first kappa shape index (κ1) is 16.8. The Bertz CT molecular complexity index is 679. The Balaban J connectivity index is 2.01. The van der Waals surface area contributed by atoms with Gasteiger partial charge in [0.1, 0.15) is 6.61 Å². The molecule has 0 saturated heterocycles. The lowest BCUT2D eigenvalue weighted by Crippen LogP contribution is -2.30. The van der Waals surface area contributed by atoms with Gasteiger partial charge in [0.15, 0.2) is 0 Å². The second-order valence-corrected chi connectivity index (χ2v) is 5.16. The standard InChI is InChI=1S/C16H15ClN2O4/c17-13-9-18-7-6-12(13)14(8-15(20)21)19-16(22)23-10-11-4-2-1-3-5-11/h1-7,9,14H,8,10H2,(H,19,22)(H,20,21). The molecule has 2 rings (SSSR count). The van der Waals surface area contributed by atoms with Gasteiger partial charge in [-0.05, 0) is 17.2 Å². The fraction of sp³-hybridized carbons (Fsp3) is 0.188. The summed E-state index contributed by atoms with van der Waals surface area (Å²) >= 11 is 6.01. The molecule has 6 nitrogen and oxygen atoms in total. The third-order valence-electron chi connectivity index (χ3n) is 3.06. The highest BCUT2D eigenvalue weighted by atomic mass is 35.5. The van der Waals surface area contributed by atoms with Crippen LogP contribution in [0.25, 0.3) is 0 Å². The fourth-order valence-corrected chi connectivity index (χ4v) is 2.24. The summed E-state index contributed by atoms with van der Waals surface area (Å²) < 4.78 is 5.10. The Kier molecular flexibility index (Phi) is 5.94. The fourth-order valence-electron chi connectivity index (χ4n) is 1.99. The van der Waals surface area contributed by atoms with E-state index in [9.17, 15) is 9.59 Å². The number of benzene rings is 1. The second kappa shape index (κ2) is 8.14. The molecule has 120 valence electrons. The predicted molar refractivity (Wildman–Crippen MR) is 84.0 cm³/mol. The molecule has 0 aliphatic rings. The lowest BCUT2D eigenvalue weighted by molar-refractivity contribution is -0.137. The minimum atomic E-state index is -1.06. The summed E-state index contributed by atoms with van der Waals surface area (Å²) in [6, 6.07) is 9.93. The van der Waals surface area contributed by atoms with Crippen molar-refractivity contribution in [2.24, 2.45) is 0 Å². The van der Waals surface area contributed by atoms with E-state index in [1.54, 1.807) is 6.07 Å². The van der Waals surface area contributed by atoms with Gasteiger partial charge in [-0.2, -0.15) is 0 Å². The molecule has 0 radical (unpaired) electrons. The zero-order valence-corrected chi connectivity index (χ0v) is 12.9. The molecular formula is C16H15ClN2O4. The number of nitrogens with one attached hydrogen (secondary N) is 1. The molecule has 1 unspecified atom stereocenters. The van der Waals surface area contributed by atoms with Crippen LogP contribution in [0.5, 0.6) is 0 Å². The molecule has 0 aliphatic carbocycles. The highest BCUT2D eigenvalue weighted by Crippen LogP contribution is 2.24. The number of nitrogens with zero attached hydrogens (tertiary/aromatic N) is 1. The summed E-state index contributed by atoms with van der Waals surface area (Å²) in [5.41, 5.74) is 1.31. The maximum atomic E-state index is 11.9. The Labute approximate surface area is 138 Å². The van der Waals surface area contributed by atoms with Crippen LogP contribution < -0.4 is 5.32 Å². The van der Waals surface area contributed by atoms with Crippen molar-refractivity contribution < 1.29 is 19.4 Å². The summed E-state index contributed by atoms with van der Waals surface area (Å²) in [6.45, 7) is 0.0938. The van der Waals surface area contributed by atoms with Gasteiger partial charge in [0.05, 0.1) is 17.5 Å². The van der Waals surface area contributed by atoms with Crippen LogP contribution >= 0.6 is 11.6 Å². The van der Waals surface area contributed by atoms with E-state index in [0.717, 1.165) is 5.56 Å². The number of carboxylic acids is 1. The minimum absolute atomic E-state index is 0.0938. The van der Waals surface area contributed by atoms with Crippen molar-refractivity contribution in [3.05, 3.63) is 64.9 Å². The lowest BCUT2D eigenvalue weighted by Gasteiger charge is -2.18. The molecule has 23 heavy (non-hydrogen) atoms. The topological polar surface area (TPSA) is 88.5 Å². The van der Waals surface area contributed by atoms with Crippen molar-refractivity contribution in [3.8, 4) is 0 Å². The molecule has 1 aromatic heterocycles. The molecule has 0 fully saturated rings. The molecule has 0 bridgehead atoms. The van der Waals surface area contributed by atoms with E-state index in [1.807, 2.05) is 30.3 Å². The number of carbonyl (C=O) groups is 2. The summed E-state index contributed by atoms with van der Waals surface area (Å²) in [7, 11) is 0. The predicted octanol–water partition coefficient (Wildman–Crippen LogP) is 3.18. The number of pyridine rings is 1. The summed E-state index contributed by atoms with van der Waals surface area (Å²) in [5, 5.41) is 11.8. The van der Waals surface area contributed by atoms with E-state index in [2.05, 4.69) is 10.3 Å². The molecular weight excluding hydrogens is 320 g/mol. The number of hydrogen-bond donors (Lipinski definition) is 2. The molecule has 1 amide bonds. The molecule has 1 heterocycles. The first-order valence-electron chi connectivity index (χ1n) is 6.84. The van der Waals surface area contributed by atoms with Gasteiger partial charge in [0, 0.05) is 12.4 Å². The molecule has 1 aromatic carbocycles. The van der Waals surface area contributed by atoms with E-state index in [0.29, 0.717) is 5.56 Å². The molecule has 2 aromatic rings. The monoisotopic (exact) mass is 334 g/mol. The molecule has 7 heteroatoms. The highest BCUT2D eigenvalue weighted by molar-refractivity contribution is 6.31. The number of rotatable bonds is 6. The third-order valence-corrected chi connectivity index (χ3v) is 3.38. The van der Waals surface area contributed by atoms with Crippen molar-refractivity contribution >= 4 is 23.7 Å². The minimum Gasteiger partial charge on any atom is -0.481 e. The van der Waals surface area contributed by atoms with Crippen molar-refractivity contribution in [1.29, 1.82) is 0 Å². The quantitative estimate of drug-likeness (QED) is 0.847. The van der Waals surface area contributed by atoms with Crippen LogP contribution in [0.4, 0.5) is 4.79 Å². The van der Waals surface area contributed by atoms with Crippen LogP contribution in [0.15, 0.2) is 48.8 Å². The van der Waals surface area contributed by atoms with E-state index in [1.165, 1.54) is 12.4 Å². The first-order chi connectivity index (χ1) is 11.1. The average molecular weight is 335 g/mol. The average Bonchev–Trinajstić information content (AvgIpc) is 2.53. The van der Waals surface area contributed by atoms with Crippen LogP contribution in [0, 0.1) is 0 Å². The third kappa shape index (κ3) is 5.27. The van der Waals surface area contributed by atoms with Crippen molar-refractivity contribution in [2.75, 3.05) is 0 Å². The molecule has 0 saturated carbocycles. The highest BCUT2D eigenvalue weighted by Gasteiger charge is 2.21. The Morgan fingerprint density at radius 1 is 1.26 bits per heavy atom. The van der Waals surface area contributed by atoms with Crippen LogP contribution in [-0.2, 0) is 16.1 Å². The number of carbonyl (C=O) groups excluding carboxylic acids is 1. The van der Waals surface area contributed by atoms with Gasteiger partial charge in [0.25, 0.3) is 0 Å². The van der Waals surface area contributed by atoms with Crippen LogP contribution in [0.2, 0.25) is 5.02 Å². The van der Waals surface area contributed by atoms with E-state index in [4.69, 9.17) is 21.4 Å². The van der Waals surface area contributed by atoms with Gasteiger partial charge < -0.3 is 15.2 Å². The number of aliphatic carboxylic acids is 1. The SMILES string of the molecule is O=C(O)CC(NC(=O)OCc1ccccc1)c1ccncc1Cl. The van der Waals surface area contributed by atoms with Crippen LogP contribution in [-0.4, -0.2) is 22.2 Å². The van der Waals surface area contributed by atoms with E-state index < -0.39 is 18.1 Å². The summed E-state index contributed by atoms with van der Waals surface area (Å²) in [5.74, 6) is -1.06. The molecule has 0 spiro atoms. The van der Waals surface area contributed by atoms with Gasteiger partial charge in [-0.1, -0.05) is 41.9 Å². The van der Waals surface area contributed by atoms with Gasteiger partial charge in [-0.3, -0.25) is 9.78 Å². The second-order valence-electron chi connectivity index (χ2n) is 4.75. The van der Waals surface area contributed by atoms with Gasteiger partial charge >= 0.3 is 12.1 Å². The number of alkyl carbamates (subject to hydrolysis) is 1. The van der Waals surface area contributed by atoms with E-state index in [-0.39, 0.29) is 18.1 Å². The van der Waals surface area contributed by atoms with Gasteiger partial charge in [-0.15, -0.1) is 0 Å². The van der Waals surface area contributed by atoms with Crippen LogP contribution in [0.1, 0.15) is 23.6 Å². The zero-order chi connectivity index (χ0) is 16.7. The maximum Gasteiger partial charge on any atom is 0.407 e. The smallest absolute Gasteiger partial charge is 0.407 e. The van der Waals surface area contributed by atoms with E-state index >= 15 is 0 Å². The van der Waals surface area contributed by atoms with Crippen LogP contribution in [0.3, 0.4) is 0 Å². The van der Waals surface area contributed by atoms with Crippen molar-refractivity contribution in [3.63, 3.8) is 0 Å². The van der Waals surface area contributed by atoms with Gasteiger partial charge in [-0.25, -0.2) is 4.79 Å². The molecule has 1 atom stereocenters. The largest absolute Gasteiger partial charge is 0.481 e. The Morgan fingerprint density at radius 2 is 2.00 bits per heavy atom. The number of aromatic nitrogens is 1.